The normalized spacial score (nSPS) is 10.6. The third-order valence-electron chi connectivity index (χ3n) is 3.32. The lowest BCUT2D eigenvalue weighted by Gasteiger charge is -2.02. The molecule has 0 saturated carbocycles. The Hall–Kier alpha value is -1.62. The maximum absolute atomic E-state index is 11.2. The highest BCUT2D eigenvalue weighted by molar-refractivity contribution is 9.10. The highest BCUT2D eigenvalue weighted by atomic mass is 79.9. The van der Waals surface area contributed by atoms with E-state index in [1.165, 1.54) is 5.56 Å². The van der Waals surface area contributed by atoms with Gasteiger partial charge >= 0.3 is 5.97 Å². The highest BCUT2D eigenvalue weighted by Gasteiger charge is 2.03. The number of unbranched alkanes of at least 4 members (excludes halogenated alkanes) is 1. The molecule has 22 heavy (non-hydrogen) atoms. The van der Waals surface area contributed by atoms with Crippen LogP contribution in [0.25, 0.3) is 0 Å². The molecular formula is C17H21BrN2O2. The van der Waals surface area contributed by atoms with E-state index in [9.17, 15) is 4.79 Å². The van der Waals surface area contributed by atoms with Gasteiger partial charge in [-0.3, -0.25) is 9.48 Å². The van der Waals surface area contributed by atoms with Crippen molar-refractivity contribution in [2.75, 3.05) is 6.61 Å². The molecule has 118 valence electrons. The Morgan fingerprint density at radius 2 is 2.00 bits per heavy atom. The minimum atomic E-state index is -0.108. The second kappa shape index (κ2) is 8.73. The monoisotopic (exact) mass is 364 g/mol. The first-order valence-electron chi connectivity index (χ1n) is 7.60. The van der Waals surface area contributed by atoms with Crippen molar-refractivity contribution in [2.24, 2.45) is 0 Å². The summed E-state index contributed by atoms with van der Waals surface area (Å²) in [6.45, 7) is 3.06. The van der Waals surface area contributed by atoms with E-state index in [2.05, 4.69) is 33.2 Å². The van der Waals surface area contributed by atoms with E-state index in [1.54, 1.807) is 0 Å². The summed E-state index contributed by atoms with van der Waals surface area (Å²) in [4.78, 5) is 11.2. The van der Waals surface area contributed by atoms with Crippen LogP contribution in [0.2, 0.25) is 0 Å². The van der Waals surface area contributed by atoms with Gasteiger partial charge in [0.2, 0.25) is 0 Å². The third kappa shape index (κ3) is 5.64. The van der Waals surface area contributed by atoms with Crippen LogP contribution in [0.3, 0.4) is 0 Å². The molecule has 0 spiro atoms. The maximum atomic E-state index is 11.2. The fraction of sp³-hybridized carbons (Fsp3) is 0.412. The minimum Gasteiger partial charge on any atom is -0.466 e. The third-order valence-corrected chi connectivity index (χ3v) is 3.85. The van der Waals surface area contributed by atoms with Gasteiger partial charge in [-0.15, -0.1) is 0 Å². The molecule has 0 amide bonds. The molecule has 0 fully saturated rings. The summed E-state index contributed by atoms with van der Waals surface area (Å²) in [5.41, 5.74) is 2.29. The molecule has 2 rings (SSSR count). The number of benzene rings is 1. The van der Waals surface area contributed by atoms with Gasteiger partial charge in [-0.1, -0.05) is 28.1 Å². The largest absolute Gasteiger partial charge is 0.466 e. The first-order valence-corrected chi connectivity index (χ1v) is 8.39. The van der Waals surface area contributed by atoms with Gasteiger partial charge < -0.3 is 4.74 Å². The molecule has 0 N–H and O–H groups in total. The Morgan fingerprint density at radius 3 is 2.73 bits per heavy atom. The number of carbonyl (C=O) groups is 1. The van der Waals surface area contributed by atoms with Crippen LogP contribution in [-0.2, 0) is 22.5 Å². The smallest absolute Gasteiger partial charge is 0.305 e. The minimum absolute atomic E-state index is 0.108. The number of hydrogen-bond acceptors (Lipinski definition) is 3. The second-order valence-electron chi connectivity index (χ2n) is 5.14. The molecule has 0 aliphatic heterocycles. The van der Waals surface area contributed by atoms with Crippen LogP contribution in [0.4, 0.5) is 0 Å². The van der Waals surface area contributed by atoms with Crippen LogP contribution in [0.5, 0.6) is 0 Å². The summed E-state index contributed by atoms with van der Waals surface area (Å²) in [6, 6.07) is 10.3. The second-order valence-corrected chi connectivity index (χ2v) is 6.06. The number of ether oxygens (including phenoxy) is 1. The molecule has 0 atom stereocenters. The molecule has 5 heteroatoms. The van der Waals surface area contributed by atoms with Gasteiger partial charge in [0.15, 0.2) is 0 Å². The predicted octanol–water partition coefficient (Wildman–Crippen LogP) is 3.97. The quantitative estimate of drug-likeness (QED) is 0.525. The molecule has 0 saturated heterocycles. The van der Waals surface area contributed by atoms with Crippen molar-refractivity contribution in [3.8, 4) is 0 Å². The number of halogens is 1. The molecule has 0 bridgehead atoms. The van der Waals surface area contributed by atoms with Gasteiger partial charge in [0, 0.05) is 17.1 Å². The van der Waals surface area contributed by atoms with Crippen LogP contribution in [-0.4, -0.2) is 22.4 Å². The molecule has 1 aromatic carbocycles. The van der Waals surface area contributed by atoms with E-state index in [0.29, 0.717) is 13.0 Å². The van der Waals surface area contributed by atoms with E-state index in [0.717, 1.165) is 36.0 Å². The number of rotatable bonds is 8. The zero-order valence-electron chi connectivity index (χ0n) is 12.8. The zero-order valence-corrected chi connectivity index (χ0v) is 14.4. The van der Waals surface area contributed by atoms with Gasteiger partial charge in [0.05, 0.1) is 18.8 Å². The van der Waals surface area contributed by atoms with Crippen molar-refractivity contribution in [2.45, 2.75) is 39.2 Å². The highest BCUT2D eigenvalue weighted by Crippen LogP contribution is 2.12. The number of carbonyl (C=O) groups excluding carboxylic acids is 1. The van der Waals surface area contributed by atoms with Crippen molar-refractivity contribution in [1.29, 1.82) is 0 Å². The summed E-state index contributed by atoms with van der Waals surface area (Å²) < 4.78 is 7.94. The van der Waals surface area contributed by atoms with Gasteiger partial charge in [-0.05, 0) is 49.9 Å². The van der Waals surface area contributed by atoms with E-state index in [4.69, 9.17) is 4.74 Å². The van der Waals surface area contributed by atoms with Crippen molar-refractivity contribution in [3.63, 3.8) is 0 Å². The Kier molecular flexibility index (Phi) is 6.65. The molecule has 0 radical (unpaired) electrons. The molecule has 1 aromatic heterocycles. The fourth-order valence-electron chi connectivity index (χ4n) is 2.21. The van der Waals surface area contributed by atoms with Crippen LogP contribution >= 0.6 is 15.9 Å². The molecule has 0 unspecified atom stereocenters. The molecule has 4 nitrogen and oxygen atoms in total. The topological polar surface area (TPSA) is 44.1 Å². The maximum Gasteiger partial charge on any atom is 0.305 e. The van der Waals surface area contributed by atoms with Crippen molar-refractivity contribution < 1.29 is 9.53 Å². The summed E-state index contributed by atoms with van der Waals surface area (Å²) in [5.74, 6) is -0.108. The van der Waals surface area contributed by atoms with Crippen LogP contribution < -0.4 is 0 Å². The first-order chi connectivity index (χ1) is 10.7. The van der Waals surface area contributed by atoms with Gasteiger partial charge in [-0.2, -0.15) is 5.10 Å². The molecule has 0 aliphatic rings. The Bertz CT molecular complexity index is 593. The van der Waals surface area contributed by atoms with E-state index in [-0.39, 0.29) is 5.97 Å². The van der Waals surface area contributed by atoms with Gasteiger partial charge in [0.25, 0.3) is 0 Å². The zero-order chi connectivity index (χ0) is 15.8. The van der Waals surface area contributed by atoms with Crippen molar-refractivity contribution in [1.82, 2.24) is 9.78 Å². The average molecular weight is 365 g/mol. The van der Waals surface area contributed by atoms with Crippen molar-refractivity contribution >= 4 is 21.9 Å². The molecule has 2 aromatic rings. The summed E-state index contributed by atoms with van der Waals surface area (Å²) in [7, 11) is 0. The summed E-state index contributed by atoms with van der Waals surface area (Å²) in [5, 5.41) is 4.57. The number of aromatic nitrogens is 2. The molecule has 1 heterocycles. The van der Waals surface area contributed by atoms with Crippen LogP contribution in [0.1, 0.15) is 37.4 Å². The lowest BCUT2D eigenvalue weighted by Crippen LogP contribution is -2.04. The van der Waals surface area contributed by atoms with E-state index >= 15 is 0 Å². The number of aryl methyl sites for hydroxylation is 1. The first kappa shape index (κ1) is 16.7. The lowest BCUT2D eigenvalue weighted by atomic mass is 10.1. The van der Waals surface area contributed by atoms with Crippen LogP contribution in [0.15, 0.2) is 41.0 Å². The van der Waals surface area contributed by atoms with Gasteiger partial charge in [-0.25, -0.2) is 0 Å². The summed E-state index contributed by atoms with van der Waals surface area (Å²) >= 11 is 3.43. The van der Waals surface area contributed by atoms with Gasteiger partial charge in [0.1, 0.15) is 0 Å². The lowest BCUT2D eigenvalue weighted by molar-refractivity contribution is -0.143. The Labute approximate surface area is 139 Å². The standard InChI is InChI=1S/C17H21BrN2O2/c1-2-22-17(21)6-4-3-5-16-11-12-20(19-16)13-14-7-9-15(18)10-8-14/h7-12H,2-6,13H2,1H3. The predicted molar refractivity (Wildman–Crippen MR) is 89.7 cm³/mol. The number of hydrogen-bond donors (Lipinski definition) is 0. The fourth-order valence-corrected chi connectivity index (χ4v) is 2.47. The number of nitrogens with zero attached hydrogens (tertiary/aromatic N) is 2. The Balaban J connectivity index is 1.74. The van der Waals surface area contributed by atoms with E-state index < -0.39 is 0 Å². The van der Waals surface area contributed by atoms with Crippen LogP contribution in [0, 0.1) is 0 Å². The Morgan fingerprint density at radius 1 is 1.23 bits per heavy atom. The SMILES string of the molecule is CCOC(=O)CCCCc1ccn(Cc2ccc(Br)cc2)n1. The summed E-state index contributed by atoms with van der Waals surface area (Å²) in [6.07, 6.45) is 5.19. The average Bonchev–Trinajstić information content (AvgIpc) is 2.94. The van der Waals surface area contributed by atoms with E-state index in [1.807, 2.05) is 36.0 Å². The van der Waals surface area contributed by atoms with Crippen molar-refractivity contribution in [3.05, 3.63) is 52.3 Å². The molecular weight excluding hydrogens is 344 g/mol. The molecule has 0 aliphatic carbocycles. The number of esters is 1.